The number of piperidine rings is 1. The summed E-state index contributed by atoms with van der Waals surface area (Å²) in [6.45, 7) is 17.0. The number of carbonyl (C=O) groups excluding carboxylic acids is 6. The van der Waals surface area contributed by atoms with Crippen LogP contribution in [0.5, 0.6) is 0 Å². The number of likely N-dealkylation sites (N-methyl/N-ethyl adjacent to an activating group) is 3. The highest BCUT2D eigenvalue weighted by molar-refractivity contribution is 6.27. The number of aromatic nitrogens is 7. The fraction of sp³-hybridized carbons (Fsp3) is 0.245. The summed E-state index contributed by atoms with van der Waals surface area (Å²) < 4.78 is 0. The molecule has 0 spiro atoms. The highest BCUT2D eigenvalue weighted by atomic mass is 16.2. The zero-order valence-electron chi connectivity index (χ0n) is 75.2. The van der Waals surface area contributed by atoms with Gasteiger partial charge in [-0.25, -0.2) is 37.5 Å². The summed E-state index contributed by atoms with van der Waals surface area (Å²) in [7, 11) is 8.33. The second-order valence-electron chi connectivity index (χ2n) is 34.9. The van der Waals surface area contributed by atoms with Crippen molar-refractivity contribution in [1.82, 2.24) is 96.8 Å². The first kappa shape index (κ1) is 87.9. The normalized spacial score (nSPS) is 16.5. The molecule has 678 valence electrons. The third-order valence-corrected chi connectivity index (χ3v) is 25.6. The summed E-state index contributed by atoms with van der Waals surface area (Å²) in [4.78, 5) is 113. The van der Waals surface area contributed by atoms with Crippen molar-refractivity contribution in [1.29, 1.82) is 0 Å². The lowest BCUT2D eigenvalue weighted by molar-refractivity contribution is 0.0948. The zero-order chi connectivity index (χ0) is 91.9. The van der Waals surface area contributed by atoms with Crippen LogP contribution in [0.3, 0.4) is 0 Å². The molecule has 9 aliphatic rings. The predicted octanol–water partition coefficient (Wildman–Crippen LogP) is 11.7. The van der Waals surface area contributed by atoms with Crippen LogP contribution in [0.4, 0.5) is 5.82 Å². The lowest BCUT2D eigenvalue weighted by Crippen LogP contribution is -2.48. The van der Waals surface area contributed by atoms with E-state index in [0.29, 0.717) is 52.9 Å². The molecular formula is C102H104N26O6. The van der Waals surface area contributed by atoms with Gasteiger partial charge in [-0.15, -0.1) is 0 Å². The Morgan fingerprint density at radius 2 is 0.672 bits per heavy atom. The van der Waals surface area contributed by atoms with Gasteiger partial charge < -0.3 is 44.6 Å². The van der Waals surface area contributed by atoms with E-state index in [0.717, 1.165) is 236 Å². The van der Waals surface area contributed by atoms with Crippen molar-refractivity contribution in [2.75, 3.05) is 138 Å². The van der Waals surface area contributed by atoms with Gasteiger partial charge in [0.05, 0.1) is 61.9 Å². The number of aromatic amines is 6. The second-order valence-corrected chi connectivity index (χ2v) is 34.9. The number of piperazine rings is 2. The summed E-state index contributed by atoms with van der Waals surface area (Å²) >= 11 is 0. The minimum absolute atomic E-state index is 0.130. The fourth-order valence-corrected chi connectivity index (χ4v) is 18.5. The van der Waals surface area contributed by atoms with Gasteiger partial charge in [0, 0.05) is 246 Å². The van der Waals surface area contributed by atoms with E-state index in [1.807, 2.05) is 220 Å². The fourth-order valence-electron chi connectivity index (χ4n) is 18.5. The first-order chi connectivity index (χ1) is 65.5. The standard InChI is InChI=1S/C20H20N6O.2C17H13N3O.C16H19N5O.C16H21N5O.C16H18N4O/c27-20-14-4-3-5-16-19(14)15(12-22-16)17(23-24-20)13-25-8-10-26(11-9-25)18-6-1-2-7-21-18;1-10-5-7-11(8-6-10)16-13-9-18-14-4-2-3-12(15(13)14)17(21)20-19-16;21-17-12-7-4-8-14-16(12)13(10-18-14)15(19-20-17)9-11-5-2-1-3-6-11;1-20-5-7-21(8-6-20)10-14-12-9-17-13-4-2-3-11(15(12)13)16(22)19-18-14;1-20(2)7-8-21(3)10-14-12-9-17-13-6-4-5-11(15(12)13)16(22)19-18-14;21-16-11-5-4-6-13-15(11)12(9-17-13)14(18-19-16)10-20-7-2-1-3-8-20/h1-7,12,22H,8-11,13H2,(H,24,27);2-9,18H,1H3,(H,20,21);1-8,10,18H,9H2,(H,20,21);2-4,9,17H,5-8,10H2,1H3,(H,19,22);4-6,9,17H,7-8,10H2,1-3H3,(H,19,22);4-6,9,17H,1-3,7-8,10H2,(H,19,21). The Morgan fingerprint density at radius 1 is 0.321 bits per heavy atom. The van der Waals surface area contributed by atoms with Gasteiger partial charge in [0.25, 0.3) is 35.4 Å². The van der Waals surface area contributed by atoms with E-state index in [1.54, 1.807) is 0 Å². The number of hydrogen-bond donors (Lipinski definition) is 12. The number of nitrogens with zero attached hydrogens (tertiary/aromatic N) is 14. The van der Waals surface area contributed by atoms with E-state index in [-0.39, 0.29) is 35.4 Å². The van der Waals surface area contributed by atoms with Gasteiger partial charge in [-0.1, -0.05) is 109 Å². The molecule has 0 aliphatic carbocycles. The lowest BCUT2D eigenvalue weighted by atomic mass is 9.98. The number of nitrogens with one attached hydrogen (secondary N) is 12. The van der Waals surface area contributed by atoms with Crippen molar-refractivity contribution in [3.8, 4) is 0 Å². The van der Waals surface area contributed by atoms with E-state index in [2.05, 4.69) is 173 Å². The molecule has 0 atom stereocenters. The Balaban J connectivity index is 0.000000104. The topological polar surface area (TPSA) is 379 Å². The van der Waals surface area contributed by atoms with Crippen molar-refractivity contribution in [3.63, 3.8) is 0 Å². The number of benzene rings is 8. The number of likely N-dealkylation sites (tertiary alicyclic amines) is 1. The van der Waals surface area contributed by atoms with Crippen molar-refractivity contribution in [2.45, 2.75) is 32.6 Å². The average Bonchev–Trinajstić information content (AvgIpc) is 1.61. The molecule has 134 heavy (non-hydrogen) atoms. The van der Waals surface area contributed by atoms with E-state index in [4.69, 9.17) is 0 Å². The van der Waals surface area contributed by atoms with Crippen molar-refractivity contribution < 1.29 is 28.8 Å². The minimum Gasteiger partial charge on any atom is -0.360 e. The Bertz CT molecular complexity index is 7170. The number of amides is 6. The van der Waals surface area contributed by atoms with Crippen molar-refractivity contribution in [2.24, 2.45) is 30.6 Å². The molecule has 3 fully saturated rings. The molecule has 24 rings (SSSR count). The average molecular weight is 1790 g/mol. The van der Waals surface area contributed by atoms with Gasteiger partial charge in [-0.3, -0.25) is 48.4 Å². The minimum atomic E-state index is -0.177. The van der Waals surface area contributed by atoms with E-state index in [9.17, 15) is 28.8 Å². The third kappa shape index (κ3) is 18.8. The molecule has 0 unspecified atom stereocenters. The number of pyridine rings is 1. The van der Waals surface area contributed by atoms with Gasteiger partial charge in [0.15, 0.2) is 0 Å². The number of H-pyrrole nitrogens is 6. The lowest BCUT2D eigenvalue weighted by Gasteiger charge is -2.35. The van der Waals surface area contributed by atoms with Crippen LogP contribution in [0.25, 0.3) is 65.4 Å². The zero-order valence-corrected chi connectivity index (χ0v) is 75.2. The first-order valence-corrected chi connectivity index (χ1v) is 45.3. The molecule has 32 heteroatoms. The Morgan fingerprint density at radius 3 is 1.07 bits per heavy atom. The second kappa shape index (κ2) is 39.3. The van der Waals surface area contributed by atoms with Gasteiger partial charge in [0.2, 0.25) is 0 Å². The number of rotatable bonds is 15. The van der Waals surface area contributed by atoms with Crippen LogP contribution in [0, 0.1) is 6.92 Å². The summed E-state index contributed by atoms with van der Waals surface area (Å²) in [5.74, 6) is 0.106. The maximum absolute atomic E-state index is 12.4. The maximum atomic E-state index is 12.4. The monoisotopic (exact) mass is 1790 g/mol. The molecule has 8 aromatic carbocycles. The summed E-state index contributed by atoms with van der Waals surface area (Å²) in [6.07, 6.45) is 18.0. The number of anilines is 1. The summed E-state index contributed by atoms with van der Waals surface area (Å²) in [5, 5.41) is 31.8. The molecule has 15 aromatic rings. The van der Waals surface area contributed by atoms with Crippen LogP contribution in [-0.4, -0.2) is 267 Å². The van der Waals surface area contributed by atoms with Crippen LogP contribution in [0.2, 0.25) is 0 Å². The predicted molar refractivity (Wildman–Crippen MR) is 527 cm³/mol. The number of aryl methyl sites for hydroxylation is 1. The van der Waals surface area contributed by atoms with Crippen molar-refractivity contribution >= 4 is 141 Å². The Labute approximate surface area is 772 Å². The quantitative estimate of drug-likeness (QED) is 0.0454. The summed E-state index contributed by atoms with van der Waals surface area (Å²) in [6, 6.07) is 58.5. The van der Waals surface area contributed by atoms with Gasteiger partial charge in [-0.05, 0) is 152 Å². The molecule has 9 aliphatic heterocycles. The smallest absolute Gasteiger partial charge is 0.272 e. The first-order valence-electron chi connectivity index (χ1n) is 45.3. The van der Waals surface area contributed by atoms with Crippen LogP contribution in [0.1, 0.15) is 131 Å². The largest absolute Gasteiger partial charge is 0.360 e. The molecule has 0 saturated carbocycles. The summed E-state index contributed by atoms with van der Waals surface area (Å²) in [5.41, 5.74) is 40.5. The van der Waals surface area contributed by atoms with Crippen LogP contribution < -0.4 is 37.5 Å². The molecule has 0 radical (unpaired) electrons. The number of hydrogen-bond acceptors (Lipinski definition) is 20. The number of hydrazone groups is 6. The highest BCUT2D eigenvalue weighted by Crippen LogP contribution is 2.34. The van der Waals surface area contributed by atoms with Crippen molar-refractivity contribution in [3.05, 3.63) is 309 Å². The molecule has 16 heterocycles. The van der Waals surface area contributed by atoms with Gasteiger partial charge in [-0.2, -0.15) is 30.6 Å². The number of carbonyl (C=O) groups is 6. The van der Waals surface area contributed by atoms with E-state index >= 15 is 0 Å². The Kier molecular flexibility index (Phi) is 25.8. The SMILES string of the molecule is CN(C)CCN(C)CC1=NNC(=O)c2cccc3[nH]cc1c23.CN1CCN(CC2=NNC(=O)c3cccc4[nH]cc2c34)CC1.Cc1ccc(C2=NNC(=O)c3cccc4[nH]cc2c34)cc1.O=C1NN=C(CN2CCCCC2)c2c[nH]c3cccc1c23.O=C1NN=C(CN2CCN(c3ccccn3)CC2)c2c[nH]c3cccc1c23.O=C1NN=C(Cc2ccccc2)c2c[nH]c3cccc1c23. The van der Waals surface area contributed by atoms with E-state index < -0.39 is 0 Å². The molecule has 12 N–H and O–H groups in total. The molecular weight excluding hydrogens is 1690 g/mol. The van der Waals surface area contributed by atoms with Crippen LogP contribution in [-0.2, 0) is 6.42 Å². The molecule has 32 nitrogen and oxygen atoms in total. The van der Waals surface area contributed by atoms with Gasteiger partial charge >= 0.3 is 0 Å². The molecule has 7 aromatic heterocycles. The van der Waals surface area contributed by atoms with Crippen LogP contribution >= 0.6 is 0 Å². The van der Waals surface area contributed by atoms with Gasteiger partial charge in [0.1, 0.15) is 11.5 Å². The van der Waals surface area contributed by atoms with Crippen LogP contribution in [0.15, 0.2) is 256 Å². The maximum Gasteiger partial charge on any atom is 0.272 e. The van der Waals surface area contributed by atoms with E-state index in [1.165, 1.54) is 30.4 Å². The third-order valence-electron chi connectivity index (χ3n) is 25.6. The molecule has 0 bridgehead atoms. The molecule has 6 amide bonds. The molecule has 3 saturated heterocycles. The Hall–Kier alpha value is -15.5. The highest BCUT2D eigenvalue weighted by Gasteiger charge is 2.31.